The van der Waals surface area contributed by atoms with Gasteiger partial charge in [-0.2, -0.15) is 0 Å². The van der Waals surface area contributed by atoms with Crippen molar-refractivity contribution in [1.29, 1.82) is 0 Å². The van der Waals surface area contributed by atoms with E-state index in [2.05, 4.69) is 5.32 Å². The number of pyridine rings is 1. The molecule has 158 valence electrons. The van der Waals surface area contributed by atoms with E-state index in [1.165, 1.54) is 26.2 Å². The zero-order valence-electron chi connectivity index (χ0n) is 17.3. The minimum atomic E-state index is -3.61. The van der Waals surface area contributed by atoms with Crippen LogP contribution < -0.4 is 5.32 Å². The molecule has 0 fully saturated rings. The Hall–Kier alpha value is -3.07. The SMILES string of the molecule is Cc1ccc(S(=O)(=O)N(C)C)cc1NC(=O)c1cc(-c2cccs2)nc2ccccc12. The molecule has 0 aliphatic heterocycles. The van der Waals surface area contributed by atoms with Gasteiger partial charge in [0.25, 0.3) is 5.91 Å². The number of benzene rings is 2. The predicted octanol–water partition coefficient (Wildman–Crippen LogP) is 4.77. The van der Waals surface area contributed by atoms with Gasteiger partial charge in [0.2, 0.25) is 10.0 Å². The molecule has 0 saturated carbocycles. The van der Waals surface area contributed by atoms with Crippen molar-refractivity contribution < 1.29 is 13.2 Å². The maximum Gasteiger partial charge on any atom is 0.256 e. The van der Waals surface area contributed by atoms with Crippen molar-refractivity contribution in [2.24, 2.45) is 0 Å². The summed E-state index contributed by atoms with van der Waals surface area (Å²) in [7, 11) is -0.664. The Kier molecular flexibility index (Phi) is 5.62. The largest absolute Gasteiger partial charge is 0.322 e. The third kappa shape index (κ3) is 4.10. The van der Waals surface area contributed by atoms with E-state index in [-0.39, 0.29) is 10.8 Å². The Bertz CT molecular complexity index is 1380. The summed E-state index contributed by atoms with van der Waals surface area (Å²) in [4.78, 5) is 19.1. The lowest BCUT2D eigenvalue weighted by molar-refractivity contribution is 0.102. The van der Waals surface area contributed by atoms with Gasteiger partial charge in [-0.15, -0.1) is 11.3 Å². The first-order chi connectivity index (χ1) is 14.8. The molecule has 1 N–H and O–H groups in total. The minimum absolute atomic E-state index is 0.122. The number of sulfonamides is 1. The quantitative estimate of drug-likeness (QED) is 0.474. The third-order valence-electron chi connectivity index (χ3n) is 4.97. The number of hydrogen-bond acceptors (Lipinski definition) is 5. The molecule has 4 rings (SSSR count). The molecule has 0 unspecified atom stereocenters. The van der Waals surface area contributed by atoms with Crippen molar-refractivity contribution in [3.8, 4) is 10.6 Å². The lowest BCUT2D eigenvalue weighted by Gasteiger charge is -2.15. The van der Waals surface area contributed by atoms with Crippen LogP contribution in [0.2, 0.25) is 0 Å². The van der Waals surface area contributed by atoms with E-state index in [0.717, 1.165) is 31.3 Å². The number of carbonyl (C=O) groups is 1. The highest BCUT2D eigenvalue weighted by atomic mass is 32.2. The number of rotatable bonds is 5. The van der Waals surface area contributed by atoms with Crippen molar-refractivity contribution >= 4 is 43.9 Å². The molecule has 2 aromatic heterocycles. The molecule has 0 radical (unpaired) electrons. The first-order valence-corrected chi connectivity index (χ1v) is 11.9. The molecule has 0 atom stereocenters. The van der Waals surface area contributed by atoms with Gasteiger partial charge in [-0.1, -0.05) is 30.3 Å². The molecule has 8 heteroatoms. The van der Waals surface area contributed by atoms with Crippen LogP contribution in [0, 0.1) is 6.92 Å². The number of hydrogen-bond donors (Lipinski definition) is 1. The molecule has 2 heterocycles. The second-order valence-electron chi connectivity index (χ2n) is 7.27. The number of amides is 1. The highest BCUT2D eigenvalue weighted by Crippen LogP contribution is 2.29. The van der Waals surface area contributed by atoms with E-state index < -0.39 is 10.0 Å². The van der Waals surface area contributed by atoms with Gasteiger partial charge in [0.05, 0.1) is 26.5 Å². The molecule has 6 nitrogen and oxygen atoms in total. The maximum atomic E-state index is 13.3. The van der Waals surface area contributed by atoms with Gasteiger partial charge >= 0.3 is 0 Å². The second-order valence-corrected chi connectivity index (χ2v) is 10.4. The number of aryl methyl sites for hydroxylation is 1. The van der Waals surface area contributed by atoms with Crippen LogP contribution in [0.1, 0.15) is 15.9 Å². The van der Waals surface area contributed by atoms with Gasteiger partial charge in [-0.25, -0.2) is 17.7 Å². The van der Waals surface area contributed by atoms with Crippen molar-refractivity contribution in [2.45, 2.75) is 11.8 Å². The van der Waals surface area contributed by atoms with Gasteiger partial charge < -0.3 is 5.32 Å². The summed E-state index contributed by atoms with van der Waals surface area (Å²) in [5.41, 5.74) is 3.14. The highest BCUT2D eigenvalue weighted by Gasteiger charge is 2.20. The molecule has 31 heavy (non-hydrogen) atoms. The Labute approximate surface area is 185 Å². The zero-order valence-corrected chi connectivity index (χ0v) is 18.9. The predicted molar refractivity (Wildman–Crippen MR) is 125 cm³/mol. The molecular formula is C23H21N3O3S2. The summed E-state index contributed by atoms with van der Waals surface area (Å²) < 4.78 is 26.2. The lowest BCUT2D eigenvalue weighted by Crippen LogP contribution is -2.22. The zero-order chi connectivity index (χ0) is 22.2. The van der Waals surface area contributed by atoms with Crippen LogP contribution in [0.25, 0.3) is 21.5 Å². The summed E-state index contributed by atoms with van der Waals surface area (Å²) in [6.07, 6.45) is 0. The Morgan fingerprint density at radius 2 is 1.81 bits per heavy atom. The van der Waals surface area contributed by atoms with Crippen molar-refractivity contribution in [3.63, 3.8) is 0 Å². The molecule has 0 bridgehead atoms. The number of nitrogens with one attached hydrogen (secondary N) is 1. The molecule has 0 aliphatic carbocycles. The highest BCUT2D eigenvalue weighted by molar-refractivity contribution is 7.89. The van der Waals surface area contributed by atoms with E-state index in [1.807, 2.05) is 48.7 Å². The summed E-state index contributed by atoms with van der Waals surface area (Å²) in [5, 5.41) is 5.59. The van der Waals surface area contributed by atoms with Gasteiger partial charge in [-0.3, -0.25) is 4.79 Å². The molecule has 0 spiro atoms. The normalized spacial score (nSPS) is 11.7. The first-order valence-electron chi connectivity index (χ1n) is 9.55. The van der Waals surface area contributed by atoms with E-state index in [4.69, 9.17) is 4.98 Å². The summed E-state index contributed by atoms with van der Waals surface area (Å²) in [6.45, 7) is 1.82. The summed E-state index contributed by atoms with van der Waals surface area (Å²) in [5.74, 6) is -0.320. The average molecular weight is 452 g/mol. The fraction of sp³-hybridized carbons (Fsp3) is 0.130. The van der Waals surface area contributed by atoms with Crippen LogP contribution in [-0.4, -0.2) is 37.7 Å². The number of thiophene rings is 1. The van der Waals surface area contributed by atoms with Crippen LogP contribution in [-0.2, 0) is 10.0 Å². The Morgan fingerprint density at radius 1 is 1.03 bits per heavy atom. The fourth-order valence-electron chi connectivity index (χ4n) is 3.21. The Balaban J connectivity index is 1.78. The number of carbonyl (C=O) groups excluding carboxylic acids is 1. The monoisotopic (exact) mass is 451 g/mol. The third-order valence-corrected chi connectivity index (χ3v) is 7.67. The van der Waals surface area contributed by atoms with Gasteiger partial charge in [-0.05, 0) is 48.2 Å². The van der Waals surface area contributed by atoms with Crippen LogP contribution >= 0.6 is 11.3 Å². The van der Waals surface area contributed by atoms with Gasteiger partial charge in [0.1, 0.15) is 0 Å². The maximum absolute atomic E-state index is 13.3. The smallest absolute Gasteiger partial charge is 0.256 e. The number of aromatic nitrogens is 1. The van der Waals surface area contributed by atoms with Crippen LogP contribution in [0.4, 0.5) is 5.69 Å². The van der Waals surface area contributed by atoms with Gasteiger partial charge in [0.15, 0.2) is 0 Å². The topological polar surface area (TPSA) is 79.4 Å². The van der Waals surface area contributed by atoms with Crippen molar-refractivity contribution in [1.82, 2.24) is 9.29 Å². The number of para-hydroxylation sites is 1. The Morgan fingerprint density at radius 3 is 2.52 bits per heavy atom. The minimum Gasteiger partial charge on any atom is -0.322 e. The van der Waals surface area contributed by atoms with Crippen molar-refractivity contribution in [3.05, 3.63) is 77.2 Å². The first kappa shape index (κ1) is 21.2. The van der Waals surface area contributed by atoms with Crippen LogP contribution in [0.15, 0.2) is 70.9 Å². The summed E-state index contributed by atoms with van der Waals surface area (Å²) >= 11 is 1.55. The van der Waals surface area contributed by atoms with Crippen LogP contribution in [0.5, 0.6) is 0 Å². The fourth-order valence-corrected chi connectivity index (χ4v) is 4.83. The second kappa shape index (κ2) is 8.22. The molecule has 4 aromatic rings. The summed E-state index contributed by atoms with van der Waals surface area (Å²) in [6, 6.07) is 17.9. The van der Waals surface area contributed by atoms with Gasteiger partial charge in [0, 0.05) is 25.2 Å². The molecule has 0 saturated heterocycles. The number of fused-ring (bicyclic) bond motifs is 1. The van der Waals surface area contributed by atoms with E-state index >= 15 is 0 Å². The number of nitrogens with zero attached hydrogens (tertiary/aromatic N) is 2. The molecular weight excluding hydrogens is 430 g/mol. The average Bonchev–Trinajstić information content (AvgIpc) is 3.29. The standard InChI is InChI=1S/C23H21N3O3S2/c1-15-10-11-16(31(28,29)26(2)3)13-20(15)25-23(27)18-14-21(22-9-6-12-30-22)24-19-8-5-4-7-17(18)19/h4-14H,1-3H3,(H,25,27). The molecule has 0 aliphatic rings. The van der Waals surface area contributed by atoms with E-state index in [0.29, 0.717) is 11.3 Å². The molecule has 1 amide bonds. The van der Waals surface area contributed by atoms with E-state index in [9.17, 15) is 13.2 Å². The van der Waals surface area contributed by atoms with E-state index in [1.54, 1.807) is 23.5 Å². The number of anilines is 1. The lowest BCUT2D eigenvalue weighted by atomic mass is 10.1. The molecule has 2 aromatic carbocycles. The van der Waals surface area contributed by atoms with Crippen LogP contribution in [0.3, 0.4) is 0 Å². The van der Waals surface area contributed by atoms with Crippen molar-refractivity contribution in [2.75, 3.05) is 19.4 Å².